The van der Waals surface area contributed by atoms with Crippen molar-refractivity contribution in [1.29, 1.82) is 0 Å². The van der Waals surface area contributed by atoms with E-state index in [0.29, 0.717) is 12.5 Å². The maximum Gasteiger partial charge on any atom is 0.213 e. The molecule has 98 valence electrons. The molecule has 1 atom stereocenters. The first kappa shape index (κ1) is 15.9. The second kappa shape index (κ2) is 8.03. The van der Waals surface area contributed by atoms with Gasteiger partial charge < -0.3 is 5.32 Å². The van der Waals surface area contributed by atoms with E-state index in [1.54, 1.807) is 14.0 Å². The zero-order valence-electron chi connectivity index (χ0n) is 11.0. The molecule has 0 heterocycles. The highest BCUT2D eigenvalue weighted by Crippen LogP contribution is 1.99. The van der Waals surface area contributed by atoms with Gasteiger partial charge in [-0.3, -0.25) is 0 Å². The van der Waals surface area contributed by atoms with Crippen molar-refractivity contribution in [3.63, 3.8) is 0 Å². The van der Waals surface area contributed by atoms with E-state index in [1.807, 2.05) is 0 Å². The summed E-state index contributed by atoms with van der Waals surface area (Å²) in [6, 6.07) is 0. The molecular weight excluding hydrogens is 224 g/mol. The minimum absolute atomic E-state index is 0.184. The first-order chi connectivity index (χ1) is 7.44. The molecule has 0 aromatic heterocycles. The molecule has 1 N–H and O–H groups in total. The predicted octanol–water partition coefficient (Wildman–Crippen LogP) is 1.29. The Morgan fingerprint density at radius 3 is 2.44 bits per heavy atom. The SMILES string of the molecule is CCC(C)CNCCCN(C)S(=O)(=O)CC. The van der Waals surface area contributed by atoms with Crippen LogP contribution in [0.2, 0.25) is 0 Å². The molecule has 16 heavy (non-hydrogen) atoms. The fourth-order valence-electron chi connectivity index (χ4n) is 1.28. The van der Waals surface area contributed by atoms with Crippen LogP contribution in [0.15, 0.2) is 0 Å². The van der Waals surface area contributed by atoms with Crippen molar-refractivity contribution in [3.8, 4) is 0 Å². The summed E-state index contributed by atoms with van der Waals surface area (Å²) in [5, 5.41) is 3.34. The maximum atomic E-state index is 11.4. The Morgan fingerprint density at radius 1 is 1.31 bits per heavy atom. The molecular formula is C11H26N2O2S. The number of hydrogen-bond donors (Lipinski definition) is 1. The summed E-state index contributed by atoms with van der Waals surface area (Å²) < 4.78 is 24.3. The van der Waals surface area contributed by atoms with Gasteiger partial charge in [-0.1, -0.05) is 20.3 Å². The summed E-state index contributed by atoms with van der Waals surface area (Å²) >= 11 is 0. The van der Waals surface area contributed by atoms with Gasteiger partial charge in [0.25, 0.3) is 0 Å². The van der Waals surface area contributed by atoms with Gasteiger partial charge in [-0.15, -0.1) is 0 Å². The van der Waals surface area contributed by atoms with Gasteiger partial charge in [0.05, 0.1) is 5.75 Å². The van der Waals surface area contributed by atoms with Crippen LogP contribution in [-0.4, -0.2) is 45.2 Å². The Hall–Kier alpha value is -0.130. The highest BCUT2D eigenvalue weighted by molar-refractivity contribution is 7.89. The molecule has 0 aliphatic carbocycles. The number of nitrogens with one attached hydrogen (secondary N) is 1. The van der Waals surface area contributed by atoms with Gasteiger partial charge in [0, 0.05) is 13.6 Å². The third kappa shape index (κ3) is 6.45. The van der Waals surface area contributed by atoms with Crippen molar-refractivity contribution in [2.24, 2.45) is 5.92 Å². The fourth-order valence-corrected chi connectivity index (χ4v) is 2.13. The van der Waals surface area contributed by atoms with E-state index in [1.165, 1.54) is 10.7 Å². The van der Waals surface area contributed by atoms with Gasteiger partial charge in [-0.2, -0.15) is 0 Å². The molecule has 0 radical (unpaired) electrons. The Labute approximate surface area is 100 Å². The second-order valence-electron chi connectivity index (χ2n) is 4.29. The Morgan fingerprint density at radius 2 is 1.94 bits per heavy atom. The van der Waals surface area contributed by atoms with Crippen molar-refractivity contribution >= 4 is 10.0 Å². The number of hydrogen-bond acceptors (Lipinski definition) is 3. The predicted molar refractivity (Wildman–Crippen MR) is 69.0 cm³/mol. The molecule has 0 aromatic rings. The highest BCUT2D eigenvalue weighted by Gasteiger charge is 2.13. The van der Waals surface area contributed by atoms with Crippen molar-refractivity contribution < 1.29 is 8.42 Å². The lowest BCUT2D eigenvalue weighted by atomic mass is 10.1. The van der Waals surface area contributed by atoms with Crippen LogP contribution in [0.3, 0.4) is 0 Å². The molecule has 0 rings (SSSR count). The zero-order chi connectivity index (χ0) is 12.6. The molecule has 0 aliphatic rings. The average molecular weight is 250 g/mol. The lowest BCUT2D eigenvalue weighted by Gasteiger charge is -2.16. The summed E-state index contributed by atoms with van der Waals surface area (Å²) in [5.74, 6) is 0.876. The van der Waals surface area contributed by atoms with Gasteiger partial charge in [0.2, 0.25) is 10.0 Å². The van der Waals surface area contributed by atoms with Crippen LogP contribution in [0.5, 0.6) is 0 Å². The van der Waals surface area contributed by atoms with E-state index in [2.05, 4.69) is 19.2 Å². The molecule has 0 fully saturated rings. The van der Waals surface area contributed by atoms with Gasteiger partial charge >= 0.3 is 0 Å². The normalized spacial score (nSPS) is 14.3. The number of nitrogens with zero attached hydrogens (tertiary/aromatic N) is 1. The van der Waals surface area contributed by atoms with E-state index in [0.717, 1.165) is 19.5 Å². The smallest absolute Gasteiger partial charge is 0.213 e. The molecule has 0 aromatic carbocycles. The van der Waals surface area contributed by atoms with Crippen molar-refractivity contribution in [2.75, 3.05) is 32.4 Å². The van der Waals surface area contributed by atoms with Crippen LogP contribution in [0.1, 0.15) is 33.6 Å². The van der Waals surface area contributed by atoms with E-state index in [4.69, 9.17) is 0 Å². The minimum atomic E-state index is -3.00. The molecule has 5 heteroatoms. The first-order valence-corrected chi connectivity index (χ1v) is 7.69. The topological polar surface area (TPSA) is 49.4 Å². The van der Waals surface area contributed by atoms with Crippen LogP contribution < -0.4 is 5.32 Å². The van der Waals surface area contributed by atoms with Gasteiger partial charge in [0.1, 0.15) is 0 Å². The van der Waals surface area contributed by atoms with Crippen LogP contribution in [-0.2, 0) is 10.0 Å². The van der Waals surface area contributed by atoms with Crippen LogP contribution in [0.4, 0.5) is 0 Å². The molecule has 0 spiro atoms. The third-order valence-electron chi connectivity index (χ3n) is 2.86. The summed E-state index contributed by atoms with van der Waals surface area (Å²) in [5.41, 5.74) is 0. The molecule has 0 bridgehead atoms. The third-order valence-corrected chi connectivity index (χ3v) is 4.72. The number of sulfonamides is 1. The molecule has 0 aliphatic heterocycles. The van der Waals surface area contributed by atoms with Crippen molar-refractivity contribution in [1.82, 2.24) is 9.62 Å². The Kier molecular flexibility index (Phi) is 7.97. The van der Waals surface area contributed by atoms with Crippen molar-refractivity contribution in [2.45, 2.75) is 33.6 Å². The number of rotatable bonds is 9. The average Bonchev–Trinajstić information content (AvgIpc) is 2.27. The Balaban J connectivity index is 3.60. The lowest BCUT2D eigenvalue weighted by molar-refractivity contribution is 0.441. The van der Waals surface area contributed by atoms with E-state index in [-0.39, 0.29) is 5.75 Å². The maximum absolute atomic E-state index is 11.4. The van der Waals surface area contributed by atoms with E-state index in [9.17, 15) is 8.42 Å². The first-order valence-electron chi connectivity index (χ1n) is 6.08. The van der Waals surface area contributed by atoms with Gasteiger partial charge in [-0.05, 0) is 32.4 Å². The van der Waals surface area contributed by atoms with E-state index >= 15 is 0 Å². The quantitative estimate of drug-likeness (QED) is 0.627. The summed E-state index contributed by atoms with van der Waals surface area (Å²) in [6.07, 6.45) is 2.04. The summed E-state index contributed by atoms with van der Waals surface area (Å²) in [4.78, 5) is 0. The van der Waals surface area contributed by atoms with E-state index < -0.39 is 10.0 Å². The second-order valence-corrected chi connectivity index (χ2v) is 6.66. The van der Waals surface area contributed by atoms with Crippen LogP contribution >= 0.6 is 0 Å². The highest BCUT2D eigenvalue weighted by atomic mass is 32.2. The summed E-state index contributed by atoms with van der Waals surface area (Å²) in [7, 11) is -1.35. The standard InChI is InChI=1S/C11H26N2O2S/c1-5-11(3)10-12-8-7-9-13(4)16(14,15)6-2/h11-12H,5-10H2,1-4H3. The van der Waals surface area contributed by atoms with Gasteiger partial charge in [-0.25, -0.2) is 12.7 Å². The van der Waals surface area contributed by atoms with Crippen molar-refractivity contribution in [3.05, 3.63) is 0 Å². The molecule has 0 saturated carbocycles. The fraction of sp³-hybridized carbons (Fsp3) is 1.00. The lowest BCUT2D eigenvalue weighted by Crippen LogP contribution is -2.31. The Bertz CT molecular complexity index is 265. The zero-order valence-corrected chi connectivity index (χ0v) is 11.8. The monoisotopic (exact) mass is 250 g/mol. The molecule has 0 amide bonds. The molecule has 1 unspecified atom stereocenters. The molecule has 4 nitrogen and oxygen atoms in total. The van der Waals surface area contributed by atoms with Gasteiger partial charge in [0.15, 0.2) is 0 Å². The molecule has 0 saturated heterocycles. The van der Waals surface area contributed by atoms with Crippen LogP contribution in [0, 0.1) is 5.92 Å². The van der Waals surface area contributed by atoms with Crippen LogP contribution in [0.25, 0.3) is 0 Å². The summed E-state index contributed by atoms with van der Waals surface area (Å²) in [6.45, 7) is 8.56. The largest absolute Gasteiger partial charge is 0.316 e. The minimum Gasteiger partial charge on any atom is -0.316 e.